The lowest BCUT2D eigenvalue weighted by Gasteiger charge is -2.18. The fraction of sp³-hybridized carbons (Fsp3) is 0.238. The third-order valence-electron chi connectivity index (χ3n) is 4.50. The van der Waals surface area contributed by atoms with Gasteiger partial charge in [0.1, 0.15) is 11.6 Å². The van der Waals surface area contributed by atoms with Crippen LogP contribution in [-0.4, -0.2) is 22.8 Å². The van der Waals surface area contributed by atoms with E-state index in [0.29, 0.717) is 28.4 Å². The molecule has 0 aliphatic carbocycles. The van der Waals surface area contributed by atoms with Gasteiger partial charge in [0.05, 0.1) is 11.1 Å². The van der Waals surface area contributed by atoms with Gasteiger partial charge in [0.15, 0.2) is 16.4 Å². The molecule has 3 aromatic rings. The number of carbonyl (C=O) groups is 1. The summed E-state index contributed by atoms with van der Waals surface area (Å²) < 4.78 is 30.6. The molecule has 4 rings (SSSR count). The van der Waals surface area contributed by atoms with Crippen LogP contribution in [0.1, 0.15) is 36.1 Å². The van der Waals surface area contributed by atoms with Gasteiger partial charge in [-0.25, -0.2) is 9.37 Å². The number of amides is 1. The largest absolute Gasteiger partial charge is 0.454 e. The molecule has 30 heavy (non-hydrogen) atoms. The molecule has 0 saturated carbocycles. The number of thiazole rings is 1. The number of nitrogens with zero attached hydrogens (tertiary/aromatic N) is 1. The van der Waals surface area contributed by atoms with Gasteiger partial charge < -0.3 is 24.6 Å². The third kappa shape index (κ3) is 4.22. The average molecular weight is 432 g/mol. The maximum atomic E-state index is 14.3. The smallest absolute Gasteiger partial charge is 0.267 e. The molecule has 1 aromatic heterocycles. The molecule has 1 amide bonds. The molecule has 0 atom stereocenters. The molecule has 2 heterocycles. The van der Waals surface area contributed by atoms with Gasteiger partial charge in [-0.1, -0.05) is 12.1 Å². The SMILES string of the molecule is CC(C)(O)c1ccc(CNC(=O)c2scnc2Oc2ccc3c(c2)OCO3)c(F)c1.[HH]. The van der Waals surface area contributed by atoms with Gasteiger partial charge in [-0.15, -0.1) is 11.3 Å². The van der Waals surface area contributed by atoms with E-state index in [0.717, 1.165) is 11.3 Å². The van der Waals surface area contributed by atoms with E-state index in [9.17, 15) is 14.3 Å². The van der Waals surface area contributed by atoms with Crippen molar-refractivity contribution in [2.45, 2.75) is 26.0 Å². The predicted octanol–water partition coefficient (Wildman–Crippen LogP) is 4.21. The van der Waals surface area contributed by atoms with Crippen LogP contribution in [0.5, 0.6) is 23.1 Å². The van der Waals surface area contributed by atoms with E-state index in [4.69, 9.17) is 14.2 Å². The van der Waals surface area contributed by atoms with Crippen LogP contribution >= 0.6 is 11.3 Å². The fourth-order valence-corrected chi connectivity index (χ4v) is 3.47. The maximum Gasteiger partial charge on any atom is 0.267 e. The highest BCUT2D eigenvalue weighted by Gasteiger charge is 2.21. The molecule has 2 N–H and O–H groups in total. The Kier molecular flexibility index (Phi) is 5.31. The Morgan fingerprint density at radius 3 is 2.87 bits per heavy atom. The molecule has 7 nitrogen and oxygen atoms in total. The van der Waals surface area contributed by atoms with Crippen molar-refractivity contribution < 1.29 is 29.9 Å². The number of hydrogen-bond donors (Lipinski definition) is 2. The first-order chi connectivity index (χ1) is 14.3. The molecular weight excluding hydrogens is 411 g/mol. The molecule has 0 spiro atoms. The third-order valence-corrected chi connectivity index (χ3v) is 5.30. The number of ether oxygens (including phenoxy) is 3. The van der Waals surface area contributed by atoms with Crippen molar-refractivity contribution >= 4 is 17.2 Å². The molecule has 0 saturated heterocycles. The number of carbonyl (C=O) groups excluding carboxylic acids is 1. The van der Waals surface area contributed by atoms with Crippen molar-refractivity contribution in [3.8, 4) is 23.1 Å². The molecule has 1 aliphatic rings. The first-order valence-corrected chi connectivity index (χ1v) is 10.00. The second-order valence-electron chi connectivity index (χ2n) is 7.15. The first kappa shape index (κ1) is 20.1. The van der Waals surface area contributed by atoms with E-state index >= 15 is 0 Å². The summed E-state index contributed by atoms with van der Waals surface area (Å²) in [7, 11) is 0. The lowest BCUT2D eigenvalue weighted by Crippen LogP contribution is -2.23. The number of fused-ring (bicyclic) bond motifs is 1. The zero-order chi connectivity index (χ0) is 21.3. The van der Waals surface area contributed by atoms with Crippen LogP contribution in [0.25, 0.3) is 0 Å². The van der Waals surface area contributed by atoms with E-state index in [1.807, 2.05) is 0 Å². The summed E-state index contributed by atoms with van der Waals surface area (Å²) in [4.78, 5) is 17.0. The van der Waals surface area contributed by atoms with Crippen molar-refractivity contribution in [1.82, 2.24) is 10.3 Å². The topological polar surface area (TPSA) is 89.9 Å². The van der Waals surface area contributed by atoms with Gasteiger partial charge in [-0.3, -0.25) is 4.79 Å². The Labute approximate surface area is 177 Å². The van der Waals surface area contributed by atoms with Gasteiger partial charge >= 0.3 is 0 Å². The highest BCUT2D eigenvalue weighted by molar-refractivity contribution is 7.12. The Hall–Kier alpha value is -3.17. The summed E-state index contributed by atoms with van der Waals surface area (Å²) in [5, 5.41) is 12.7. The van der Waals surface area contributed by atoms with Crippen molar-refractivity contribution in [1.29, 1.82) is 0 Å². The van der Waals surface area contributed by atoms with Crippen molar-refractivity contribution in [2.24, 2.45) is 0 Å². The molecule has 158 valence electrons. The fourth-order valence-electron chi connectivity index (χ4n) is 2.84. The van der Waals surface area contributed by atoms with Crippen LogP contribution in [0.4, 0.5) is 4.39 Å². The number of benzene rings is 2. The number of aliphatic hydroxyl groups is 1. The highest BCUT2D eigenvalue weighted by atomic mass is 32.1. The Morgan fingerprint density at radius 1 is 1.30 bits per heavy atom. The van der Waals surface area contributed by atoms with Gasteiger partial charge in [0.25, 0.3) is 5.91 Å². The monoisotopic (exact) mass is 432 g/mol. The van der Waals surface area contributed by atoms with Crippen molar-refractivity contribution in [3.05, 3.63) is 63.7 Å². The number of hydrogen-bond acceptors (Lipinski definition) is 7. The molecule has 9 heteroatoms. The highest BCUT2D eigenvalue weighted by Crippen LogP contribution is 2.37. The minimum Gasteiger partial charge on any atom is -0.454 e. The molecule has 0 radical (unpaired) electrons. The van der Waals surface area contributed by atoms with Crippen LogP contribution in [0.15, 0.2) is 41.9 Å². The zero-order valence-corrected chi connectivity index (χ0v) is 17.1. The Balaban J connectivity index is 0.00000272. The van der Waals surface area contributed by atoms with Crippen LogP contribution < -0.4 is 19.5 Å². The van der Waals surface area contributed by atoms with E-state index in [1.54, 1.807) is 44.2 Å². The minimum absolute atomic E-state index is 0. The Morgan fingerprint density at radius 2 is 2.10 bits per heavy atom. The predicted molar refractivity (Wildman–Crippen MR) is 110 cm³/mol. The van der Waals surface area contributed by atoms with Gasteiger partial charge in [-0.05, 0) is 37.6 Å². The van der Waals surface area contributed by atoms with Crippen LogP contribution in [0.2, 0.25) is 0 Å². The lowest BCUT2D eigenvalue weighted by atomic mass is 9.97. The first-order valence-electron chi connectivity index (χ1n) is 9.12. The summed E-state index contributed by atoms with van der Waals surface area (Å²) in [6, 6.07) is 9.49. The minimum atomic E-state index is -1.15. The molecule has 0 fully saturated rings. The standard InChI is InChI=1S/C21H19FN2O5S.H2/c1-21(2,26)13-4-3-12(15(22)7-13)9-23-19(25)18-20(24-10-30-18)29-14-5-6-16-17(8-14)28-11-27-16;/h3-8,10,26H,9,11H2,1-2H3,(H,23,25);1H. The second kappa shape index (κ2) is 7.92. The summed E-state index contributed by atoms with van der Waals surface area (Å²) in [5.74, 6) is 0.840. The zero-order valence-electron chi connectivity index (χ0n) is 16.3. The molecule has 0 bridgehead atoms. The number of nitrogens with one attached hydrogen (secondary N) is 1. The quantitative estimate of drug-likeness (QED) is 0.607. The van der Waals surface area contributed by atoms with Gasteiger partial charge in [0, 0.05) is 19.6 Å². The maximum absolute atomic E-state index is 14.3. The second-order valence-corrected chi connectivity index (χ2v) is 8.01. The Bertz CT molecular complexity index is 1100. The summed E-state index contributed by atoms with van der Waals surface area (Å²) in [6.07, 6.45) is 0. The lowest BCUT2D eigenvalue weighted by molar-refractivity contribution is 0.0781. The van der Waals surface area contributed by atoms with Crippen LogP contribution in [-0.2, 0) is 12.1 Å². The van der Waals surface area contributed by atoms with Crippen LogP contribution in [0.3, 0.4) is 0 Å². The number of aromatic nitrogens is 1. The average Bonchev–Trinajstić information content (AvgIpc) is 3.35. The summed E-state index contributed by atoms with van der Waals surface area (Å²) in [5.41, 5.74) is 1.11. The van der Waals surface area contributed by atoms with Crippen molar-refractivity contribution in [2.75, 3.05) is 6.79 Å². The molecular formula is C21H21FN2O5S. The normalized spacial score (nSPS) is 12.7. The molecule has 1 aliphatic heterocycles. The van der Waals surface area contributed by atoms with Crippen molar-refractivity contribution in [3.63, 3.8) is 0 Å². The van der Waals surface area contributed by atoms with E-state index < -0.39 is 17.3 Å². The van der Waals surface area contributed by atoms with E-state index in [-0.39, 0.29) is 25.5 Å². The van der Waals surface area contributed by atoms with E-state index in [1.165, 1.54) is 11.6 Å². The summed E-state index contributed by atoms with van der Waals surface area (Å²) >= 11 is 1.12. The van der Waals surface area contributed by atoms with Gasteiger partial charge in [-0.2, -0.15) is 0 Å². The van der Waals surface area contributed by atoms with Crippen LogP contribution in [0, 0.1) is 5.82 Å². The number of rotatable bonds is 6. The molecule has 0 unspecified atom stereocenters. The molecule has 2 aromatic carbocycles. The van der Waals surface area contributed by atoms with E-state index in [2.05, 4.69) is 10.3 Å². The summed E-state index contributed by atoms with van der Waals surface area (Å²) in [6.45, 7) is 3.29. The number of halogens is 1. The van der Waals surface area contributed by atoms with Gasteiger partial charge in [0.2, 0.25) is 12.7 Å².